The molecule has 0 aromatic carbocycles. The molecule has 0 rings (SSSR count). The SMILES string of the molecule is CCC(CC)(NC(=O)NCC(F)(F)F)C(=O)O. The third-order valence-corrected chi connectivity index (χ3v) is 2.42. The highest BCUT2D eigenvalue weighted by Crippen LogP contribution is 2.16. The van der Waals surface area contributed by atoms with E-state index in [-0.39, 0.29) is 12.8 Å². The lowest BCUT2D eigenvalue weighted by molar-refractivity contribution is -0.144. The van der Waals surface area contributed by atoms with Crippen molar-refractivity contribution in [2.24, 2.45) is 0 Å². The summed E-state index contributed by atoms with van der Waals surface area (Å²) in [5, 5.41) is 12.6. The summed E-state index contributed by atoms with van der Waals surface area (Å²) in [4.78, 5) is 22.1. The predicted molar refractivity (Wildman–Crippen MR) is 53.5 cm³/mol. The number of nitrogens with one attached hydrogen (secondary N) is 2. The lowest BCUT2D eigenvalue weighted by atomic mass is 9.93. The Morgan fingerprint density at radius 1 is 1.18 bits per heavy atom. The Kier molecular flexibility index (Phi) is 5.24. The number of hydrogen-bond donors (Lipinski definition) is 3. The Hall–Kier alpha value is -1.47. The summed E-state index contributed by atoms with van der Waals surface area (Å²) in [7, 11) is 0. The number of urea groups is 1. The molecule has 0 radical (unpaired) electrons. The smallest absolute Gasteiger partial charge is 0.405 e. The molecule has 0 aromatic heterocycles. The Morgan fingerprint density at radius 3 is 1.94 bits per heavy atom. The molecule has 0 aliphatic carbocycles. The minimum atomic E-state index is -4.53. The number of aliphatic carboxylic acids is 1. The Morgan fingerprint density at radius 2 is 1.65 bits per heavy atom. The number of carbonyl (C=O) groups is 2. The third kappa shape index (κ3) is 4.92. The van der Waals surface area contributed by atoms with Gasteiger partial charge in [-0.05, 0) is 12.8 Å². The second-order valence-electron chi connectivity index (χ2n) is 3.52. The molecule has 5 nitrogen and oxygen atoms in total. The molecule has 0 saturated heterocycles. The summed E-state index contributed by atoms with van der Waals surface area (Å²) in [6.45, 7) is 1.56. The Labute approximate surface area is 96.4 Å². The standard InChI is InChI=1S/C9H15F3N2O3/c1-3-8(4-2,6(15)16)14-7(17)13-5-9(10,11)12/h3-5H2,1-2H3,(H,15,16)(H2,13,14,17). The fourth-order valence-electron chi connectivity index (χ4n) is 1.22. The van der Waals surface area contributed by atoms with Crippen LogP contribution in [0.15, 0.2) is 0 Å². The quantitative estimate of drug-likeness (QED) is 0.697. The number of carboxylic acid groups (broad SMARTS) is 1. The molecule has 0 unspecified atom stereocenters. The normalized spacial score (nSPS) is 12.1. The van der Waals surface area contributed by atoms with Gasteiger partial charge in [0.1, 0.15) is 12.1 Å². The molecule has 0 aliphatic rings. The molecule has 0 fully saturated rings. The zero-order valence-corrected chi connectivity index (χ0v) is 9.52. The number of halogens is 3. The molecule has 8 heteroatoms. The molecular weight excluding hydrogens is 241 g/mol. The zero-order chi connectivity index (χ0) is 13.7. The van der Waals surface area contributed by atoms with Crippen molar-refractivity contribution in [3.63, 3.8) is 0 Å². The lowest BCUT2D eigenvalue weighted by Crippen LogP contribution is -2.57. The van der Waals surface area contributed by atoms with Crippen molar-refractivity contribution in [1.82, 2.24) is 10.6 Å². The monoisotopic (exact) mass is 256 g/mol. The minimum Gasteiger partial charge on any atom is -0.480 e. The zero-order valence-electron chi connectivity index (χ0n) is 9.52. The molecule has 0 aromatic rings. The molecule has 0 heterocycles. The van der Waals surface area contributed by atoms with E-state index >= 15 is 0 Å². The summed E-state index contributed by atoms with van der Waals surface area (Å²) in [6.07, 6.45) is -4.36. The molecule has 2 amide bonds. The number of amides is 2. The fourth-order valence-corrected chi connectivity index (χ4v) is 1.22. The maximum absolute atomic E-state index is 11.8. The number of carbonyl (C=O) groups excluding carboxylic acids is 1. The lowest BCUT2D eigenvalue weighted by Gasteiger charge is -2.28. The molecule has 0 saturated carbocycles. The molecule has 100 valence electrons. The molecular formula is C9H15F3N2O3. The predicted octanol–water partition coefficient (Wildman–Crippen LogP) is 1.49. The molecule has 0 aliphatic heterocycles. The molecule has 3 N–H and O–H groups in total. The van der Waals surface area contributed by atoms with Gasteiger partial charge < -0.3 is 15.7 Å². The first-order valence-corrected chi connectivity index (χ1v) is 5.03. The van der Waals surface area contributed by atoms with Gasteiger partial charge in [-0.1, -0.05) is 13.8 Å². The van der Waals surface area contributed by atoms with Crippen LogP contribution in [0.4, 0.5) is 18.0 Å². The van der Waals surface area contributed by atoms with Crippen molar-refractivity contribution in [3.05, 3.63) is 0 Å². The first-order chi connectivity index (χ1) is 7.67. The van der Waals surface area contributed by atoms with Crippen molar-refractivity contribution in [2.75, 3.05) is 6.54 Å². The van der Waals surface area contributed by atoms with Crippen LogP contribution >= 0.6 is 0 Å². The van der Waals surface area contributed by atoms with Crippen molar-refractivity contribution in [2.45, 2.75) is 38.4 Å². The van der Waals surface area contributed by atoms with E-state index in [2.05, 4.69) is 5.32 Å². The van der Waals surface area contributed by atoms with Crippen LogP contribution in [0.3, 0.4) is 0 Å². The second-order valence-corrected chi connectivity index (χ2v) is 3.52. The van der Waals surface area contributed by atoms with Gasteiger partial charge in [0.05, 0.1) is 0 Å². The number of hydrogen-bond acceptors (Lipinski definition) is 2. The Balaban J connectivity index is 4.48. The number of alkyl halides is 3. The van der Waals surface area contributed by atoms with Crippen LogP contribution < -0.4 is 10.6 Å². The first kappa shape index (κ1) is 15.5. The number of rotatable bonds is 5. The molecule has 17 heavy (non-hydrogen) atoms. The highest BCUT2D eigenvalue weighted by molar-refractivity contribution is 5.86. The topological polar surface area (TPSA) is 78.4 Å². The maximum Gasteiger partial charge on any atom is 0.405 e. The van der Waals surface area contributed by atoms with Gasteiger partial charge in [-0.15, -0.1) is 0 Å². The van der Waals surface area contributed by atoms with Gasteiger partial charge in [0.15, 0.2) is 0 Å². The molecule has 0 spiro atoms. The van der Waals surface area contributed by atoms with Gasteiger partial charge in [-0.25, -0.2) is 9.59 Å². The van der Waals surface area contributed by atoms with Gasteiger partial charge >= 0.3 is 18.2 Å². The number of carboxylic acids is 1. The summed E-state index contributed by atoms with van der Waals surface area (Å²) in [6, 6.07) is -1.14. The van der Waals surface area contributed by atoms with E-state index in [1.807, 2.05) is 0 Å². The highest BCUT2D eigenvalue weighted by atomic mass is 19.4. The van der Waals surface area contributed by atoms with E-state index < -0.39 is 30.3 Å². The third-order valence-electron chi connectivity index (χ3n) is 2.42. The fraction of sp³-hybridized carbons (Fsp3) is 0.778. The van der Waals surface area contributed by atoms with Gasteiger partial charge in [0.25, 0.3) is 0 Å². The summed E-state index contributed by atoms with van der Waals surface area (Å²) >= 11 is 0. The van der Waals surface area contributed by atoms with Crippen molar-refractivity contribution in [3.8, 4) is 0 Å². The van der Waals surface area contributed by atoms with Crippen LogP contribution in [0, 0.1) is 0 Å². The van der Waals surface area contributed by atoms with E-state index in [4.69, 9.17) is 5.11 Å². The van der Waals surface area contributed by atoms with Gasteiger partial charge in [-0.2, -0.15) is 13.2 Å². The van der Waals surface area contributed by atoms with Crippen LogP contribution in [0.2, 0.25) is 0 Å². The molecule has 0 bridgehead atoms. The maximum atomic E-state index is 11.8. The van der Waals surface area contributed by atoms with Crippen LogP contribution in [-0.4, -0.2) is 35.4 Å². The molecule has 0 atom stereocenters. The summed E-state index contributed by atoms with van der Waals surface area (Å²) in [5.74, 6) is -1.27. The van der Waals surface area contributed by atoms with E-state index in [9.17, 15) is 22.8 Å². The Bertz CT molecular complexity index is 288. The van der Waals surface area contributed by atoms with E-state index in [0.717, 1.165) is 0 Å². The minimum absolute atomic E-state index is 0.0816. The van der Waals surface area contributed by atoms with E-state index in [1.54, 1.807) is 5.32 Å². The van der Waals surface area contributed by atoms with Crippen LogP contribution in [0.1, 0.15) is 26.7 Å². The summed E-state index contributed by atoms with van der Waals surface area (Å²) in [5.41, 5.74) is -1.53. The highest BCUT2D eigenvalue weighted by Gasteiger charge is 2.37. The average Bonchev–Trinajstić information content (AvgIpc) is 2.22. The van der Waals surface area contributed by atoms with Crippen LogP contribution in [0.5, 0.6) is 0 Å². The average molecular weight is 256 g/mol. The largest absolute Gasteiger partial charge is 0.480 e. The summed E-state index contributed by atoms with van der Waals surface area (Å²) < 4.78 is 35.4. The second kappa shape index (κ2) is 5.74. The van der Waals surface area contributed by atoms with E-state index in [1.165, 1.54) is 13.8 Å². The van der Waals surface area contributed by atoms with Crippen LogP contribution in [0.25, 0.3) is 0 Å². The van der Waals surface area contributed by atoms with Crippen LogP contribution in [-0.2, 0) is 4.79 Å². The van der Waals surface area contributed by atoms with E-state index in [0.29, 0.717) is 0 Å². The van der Waals surface area contributed by atoms with Gasteiger partial charge in [-0.3, -0.25) is 0 Å². The van der Waals surface area contributed by atoms with Crippen molar-refractivity contribution in [1.29, 1.82) is 0 Å². The van der Waals surface area contributed by atoms with Crippen molar-refractivity contribution < 1.29 is 27.9 Å². The first-order valence-electron chi connectivity index (χ1n) is 5.03. The van der Waals surface area contributed by atoms with Gasteiger partial charge in [0.2, 0.25) is 0 Å². The van der Waals surface area contributed by atoms with Crippen molar-refractivity contribution >= 4 is 12.0 Å². The van der Waals surface area contributed by atoms with Gasteiger partial charge in [0, 0.05) is 0 Å².